The summed E-state index contributed by atoms with van der Waals surface area (Å²) in [7, 11) is 0. The van der Waals surface area contributed by atoms with Gasteiger partial charge in [-0.15, -0.1) is 0 Å². The number of nitrogens with one attached hydrogen (secondary N) is 3. The molecular weight excluding hydrogens is 390 g/mol. The summed E-state index contributed by atoms with van der Waals surface area (Å²) >= 11 is 5.35. The lowest BCUT2D eigenvalue weighted by atomic mass is 9.78. The molecule has 1 heterocycles. The van der Waals surface area contributed by atoms with Gasteiger partial charge in [0.1, 0.15) is 0 Å². The van der Waals surface area contributed by atoms with Crippen molar-refractivity contribution in [2.75, 3.05) is 18.0 Å². The van der Waals surface area contributed by atoms with Crippen molar-refractivity contribution in [3.8, 4) is 0 Å². The van der Waals surface area contributed by atoms with Crippen molar-refractivity contribution in [3.63, 3.8) is 0 Å². The molecule has 3 atom stereocenters. The summed E-state index contributed by atoms with van der Waals surface area (Å²) in [4.78, 5) is 25.6. The Labute approximate surface area is 176 Å². The zero-order valence-electron chi connectivity index (χ0n) is 16.9. The molecule has 1 saturated heterocycles. The first kappa shape index (κ1) is 21.3. The topological polar surface area (TPSA) is 99.5 Å². The number of hydrogen-bond acceptors (Lipinski definition) is 5. The number of nitro benzene ring substituents is 1. The largest absolute Gasteiger partial charge is 0.371 e. The quantitative estimate of drug-likeness (QED) is 0.392. The van der Waals surface area contributed by atoms with Gasteiger partial charge < -0.3 is 10.2 Å². The Morgan fingerprint density at radius 2 is 1.90 bits per heavy atom. The van der Waals surface area contributed by atoms with Crippen molar-refractivity contribution in [1.29, 1.82) is 0 Å². The van der Waals surface area contributed by atoms with Crippen LogP contribution >= 0.6 is 12.2 Å². The number of nitro groups is 1. The summed E-state index contributed by atoms with van der Waals surface area (Å²) < 4.78 is 0. The molecule has 1 saturated carbocycles. The number of amides is 1. The van der Waals surface area contributed by atoms with Crippen LogP contribution in [0.1, 0.15) is 56.3 Å². The average molecular weight is 420 g/mol. The molecule has 1 aliphatic heterocycles. The molecule has 1 aromatic carbocycles. The maximum absolute atomic E-state index is 12.8. The van der Waals surface area contributed by atoms with E-state index in [-0.39, 0.29) is 17.3 Å². The van der Waals surface area contributed by atoms with E-state index in [1.165, 1.54) is 18.6 Å². The molecule has 1 amide bonds. The van der Waals surface area contributed by atoms with Gasteiger partial charge in [-0.3, -0.25) is 25.8 Å². The predicted molar refractivity (Wildman–Crippen MR) is 117 cm³/mol. The van der Waals surface area contributed by atoms with Crippen LogP contribution in [0.5, 0.6) is 0 Å². The number of hydrazine groups is 1. The van der Waals surface area contributed by atoms with E-state index < -0.39 is 10.8 Å². The number of rotatable bonds is 4. The van der Waals surface area contributed by atoms with Crippen molar-refractivity contribution in [2.24, 2.45) is 11.8 Å². The Morgan fingerprint density at radius 3 is 2.59 bits per heavy atom. The number of benzene rings is 1. The zero-order valence-corrected chi connectivity index (χ0v) is 17.8. The molecular formula is C20H29N5O3S. The Hall–Kier alpha value is -2.42. The first-order chi connectivity index (χ1) is 13.9. The first-order valence-corrected chi connectivity index (χ1v) is 10.7. The number of nitrogens with zero attached hydrogens (tertiary/aromatic N) is 2. The monoisotopic (exact) mass is 419 g/mol. The fourth-order valence-electron chi connectivity index (χ4n) is 4.22. The van der Waals surface area contributed by atoms with Crippen LogP contribution < -0.4 is 21.1 Å². The summed E-state index contributed by atoms with van der Waals surface area (Å²) in [5, 5.41) is 14.8. The van der Waals surface area contributed by atoms with Gasteiger partial charge in [-0.2, -0.15) is 0 Å². The molecule has 8 nitrogen and oxygen atoms in total. The Balaban J connectivity index is 1.65. The van der Waals surface area contributed by atoms with Crippen molar-refractivity contribution in [3.05, 3.63) is 33.9 Å². The van der Waals surface area contributed by atoms with Crippen LogP contribution in [0.25, 0.3) is 0 Å². The number of thiocarbonyl (C=S) groups is 1. The van der Waals surface area contributed by atoms with Gasteiger partial charge in [-0.25, -0.2) is 0 Å². The van der Waals surface area contributed by atoms with E-state index in [1.54, 1.807) is 6.07 Å². The number of non-ortho nitro benzene ring substituents is 1. The third-order valence-corrected chi connectivity index (χ3v) is 6.42. The fourth-order valence-corrected chi connectivity index (χ4v) is 4.43. The molecule has 0 radical (unpaired) electrons. The number of hydrogen-bond donors (Lipinski definition) is 3. The lowest BCUT2D eigenvalue weighted by Crippen LogP contribution is -2.52. The minimum atomic E-state index is -0.490. The molecule has 2 aliphatic rings. The van der Waals surface area contributed by atoms with Crippen LogP contribution in [0.3, 0.4) is 0 Å². The van der Waals surface area contributed by atoms with Crippen molar-refractivity contribution < 1.29 is 9.72 Å². The normalized spacial score (nSPS) is 24.1. The minimum Gasteiger partial charge on any atom is -0.371 e. The van der Waals surface area contributed by atoms with E-state index >= 15 is 0 Å². The second-order valence-electron chi connectivity index (χ2n) is 8.08. The lowest BCUT2D eigenvalue weighted by Gasteiger charge is -2.35. The van der Waals surface area contributed by atoms with Gasteiger partial charge in [0.2, 0.25) is 0 Å². The van der Waals surface area contributed by atoms with Crippen LogP contribution in [0.15, 0.2) is 18.2 Å². The van der Waals surface area contributed by atoms with Crippen molar-refractivity contribution in [1.82, 2.24) is 16.2 Å². The van der Waals surface area contributed by atoms with Gasteiger partial charge in [-0.1, -0.05) is 26.7 Å². The number of carbonyl (C=O) groups excluding carboxylic acids is 1. The fraction of sp³-hybridized carbons (Fsp3) is 0.600. The molecule has 9 heteroatoms. The molecule has 3 rings (SSSR count). The third-order valence-electron chi connectivity index (χ3n) is 6.20. The number of anilines is 1. The number of carbonyl (C=O) groups is 1. The highest BCUT2D eigenvalue weighted by molar-refractivity contribution is 7.80. The van der Waals surface area contributed by atoms with Crippen molar-refractivity contribution >= 4 is 34.6 Å². The summed E-state index contributed by atoms with van der Waals surface area (Å²) in [6, 6.07) is 4.69. The summed E-state index contributed by atoms with van der Waals surface area (Å²) in [6.07, 6.45) is 5.52. The Kier molecular flexibility index (Phi) is 6.89. The second-order valence-corrected chi connectivity index (χ2v) is 8.49. The molecule has 1 aliphatic carbocycles. The molecule has 1 aromatic rings. The van der Waals surface area contributed by atoms with Crippen LogP contribution in [0.4, 0.5) is 11.4 Å². The highest BCUT2D eigenvalue weighted by Crippen LogP contribution is 2.30. The Bertz CT molecular complexity index is 781. The van der Waals surface area contributed by atoms with E-state index in [9.17, 15) is 14.9 Å². The van der Waals surface area contributed by atoms with Gasteiger partial charge in [0, 0.05) is 31.3 Å². The van der Waals surface area contributed by atoms with Gasteiger partial charge in [-0.05, 0) is 49.4 Å². The van der Waals surface area contributed by atoms with E-state index in [4.69, 9.17) is 12.2 Å². The van der Waals surface area contributed by atoms with Gasteiger partial charge in [0.05, 0.1) is 16.2 Å². The van der Waals surface area contributed by atoms with E-state index in [0.717, 1.165) is 38.8 Å². The van der Waals surface area contributed by atoms with Crippen LogP contribution in [0, 0.1) is 22.0 Å². The first-order valence-electron chi connectivity index (χ1n) is 10.3. The van der Waals surface area contributed by atoms with Crippen LogP contribution in [-0.2, 0) is 0 Å². The van der Waals surface area contributed by atoms with Gasteiger partial charge >= 0.3 is 0 Å². The lowest BCUT2D eigenvalue weighted by molar-refractivity contribution is -0.384. The summed E-state index contributed by atoms with van der Waals surface area (Å²) in [6.45, 7) is 6.14. The van der Waals surface area contributed by atoms with Crippen LogP contribution in [-0.4, -0.2) is 35.1 Å². The minimum absolute atomic E-state index is 0.108. The molecule has 0 aromatic heterocycles. The standard InChI is InChI=1S/C20H29N5O3S/c1-13-6-5-7-17(14(13)2)21-20(29)23-22-19(26)16-12-15(25(27)28)8-9-18(16)24-10-3-4-11-24/h8-9,12-14,17H,3-7,10-11H2,1-2H3,(H,22,26)(H2,21,23,29)/t13-,14-,17-/m1/s1. The Morgan fingerprint density at radius 1 is 1.17 bits per heavy atom. The molecule has 2 fully saturated rings. The van der Waals surface area contributed by atoms with Gasteiger partial charge in [0.15, 0.2) is 5.11 Å². The maximum atomic E-state index is 12.8. The molecule has 29 heavy (non-hydrogen) atoms. The van der Waals surface area contributed by atoms with Crippen LogP contribution in [0.2, 0.25) is 0 Å². The van der Waals surface area contributed by atoms with Gasteiger partial charge in [0.25, 0.3) is 11.6 Å². The van der Waals surface area contributed by atoms with Crippen molar-refractivity contribution in [2.45, 2.75) is 52.0 Å². The van der Waals surface area contributed by atoms with E-state index in [0.29, 0.717) is 22.6 Å². The summed E-state index contributed by atoms with van der Waals surface area (Å²) in [5.74, 6) is 0.689. The average Bonchev–Trinajstić information content (AvgIpc) is 3.24. The predicted octanol–water partition coefficient (Wildman–Crippen LogP) is 3.13. The SMILES string of the molecule is C[C@@H]1[C@H](C)CCC[C@H]1NC(=S)NNC(=O)c1cc([N+](=O)[O-])ccc1N1CCCC1. The smallest absolute Gasteiger partial charge is 0.272 e. The third kappa shape index (κ3) is 5.14. The molecule has 3 N–H and O–H groups in total. The maximum Gasteiger partial charge on any atom is 0.272 e. The molecule has 0 bridgehead atoms. The highest BCUT2D eigenvalue weighted by Gasteiger charge is 2.28. The zero-order chi connectivity index (χ0) is 21.0. The molecule has 158 valence electrons. The second kappa shape index (κ2) is 9.39. The molecule has 0 unspecified atom stereocenters. The summed E-state index contributed by atoms with van der Waals surface area (Å²) in [5.41, 5.74) is 6.24. The van der Waals surface area contributed by atoms with E-state index in [1.807, 2.05) is 0 Å². The molecule has 0 spiro atoms. The highest BCUT2D eigenvalue weighted by atomic mass is 32.1. The van der Waals surface area contributed by atoms with E-state index in [2.05, 4.69) is 34.9 Å².